The Labute approximate surface area is 199 Å². The first kappa shape index (κ1) is 29.8. The normalized spacial score (nSPS) is 12.4. The lowest BCUT2D eigenvalue weighted by molar-refractivity contribution is -0.136. The van der Waals surface area contributed by atoms with Gasteiger partial charge in [-0.1, -0.05) is 59.2 Å². The number of carboxylic acids is 1. The summed E-state index contributed by atoms with van der Waals surface area (Å²) in [5.41, 5.74) is 3.86. The maximum Gasteiger partial charge on any atom is 0.303 e. The van der Waals surface area contributed by atoms with Gasteiger partial charge in [-0.25, -0.2) is 0 Å². The van der Waals surface area contributed by atoms with E-state index >= 15 is 0 Å². The van der Waals surface area contributed by atoms with Crippen LogP contribution in [0.15, 0.2) is 30.3 Å². The minimum atomic E-state index is -0.789. The van der Waals surface area contributed by atoms with E-state index in [4.69, 9.17) is 26.2 Å². The molecule has 1 N–H and O–H groups in total. The Morgan fingerprint density at radius 3 is 2.25 bits per heavy atom. The zero-order valence-electron chi connectivity index (χ0n) is 21.3. The Bertz CT molecular complexity index is 844. The van der Waals surface area contributed by atoms with Crippen LogP contribution in [0.1, 0.15) is 84.1 Å². The van der Waals surface area contributed by atoms with Gasteiger partial charge in [-0.15, -0.1) is 0 Å². The van der Waals surface area contributed by atoms with Gasteiger partial charge >= 0.3 is 5.97 Å². The molecule has 0 saturated carbocycles. The molecule has 1 aliphatic heterocycles. The standard InChI is InChI=1S/C21H23ClO4.3C2H6/c1-13-8-18(6-4-14(13)5-7-19(23)24)25-12-16-10-17(22)9-15-11-21(2,3)26-20(15)16;3*1-2/h4,6,8-10H,5,7,11-12H2,1-3H3,(H,23,24);3*1-2H3. The summed E-state index contributed by atoms with van der Waals surface area (Å²) in [6, 6.07) is 9.58. The fraction of sp³-hybridized carbons (Fsp3) is 0.519. The van der Waals surface area contributed by atoms with E-state index in [0.29, 0.717) is 18.1 Å². The molecule has 0 fully saturated rings. The van der Waals surface area contributed by atoms with Crippen LogP contribution in [-0.2, 0) is 24.2 Å². The van der Waals surface area contributed by atoms with Gasteiger partial charge in [0.15, 0.2) is 0 Å². The number of aliphatic carboxylic acids is 1. The van der Waals surface area contributed by atoms with Crippen LogP contribution < -0.4 is 9.47 Å². The number of benzene rings is 2. The average Bonchev–Trinajstić information content (AvgIpc) is 3.09. The number of halogens is 1. The van der Waals surface area contributed by atoms with Gasteiger partial charge in [0.25, 0.3) is 0 Å². The molecule has 0 atom stereocenters. The summed E-state index contributed by atoms with van der Waals surface area (Å²) in [7, 11) is 0. The van der Waals surface area contributed by atoms with Crippen LogP contribution in [0.5, 0.6) is 11.5 Å². The predicted molar refractivity (Wildman–Crippen MR) is 135 cm³/mol. The van der Waals surface area contributed by atoms with Crippen molar-refractivity contribution in [2.24, 2.45) is 0 Å². The molecule has 3 rings (SSSR count). The third-order valence-electron chi connectivity index (χ3n) is 4.52. The fourth-order valence-electron chi connectivity index (χ4n) is 3.29. The first-order valence-corrected chi connectivity index (χ1v) is 12.1. The second kappa shape index (κ2) is 14.8. The number of hydrogen-bond acceptors (Lipinski definition) is 3. The summed E-state index contributed by atoms with van der Waals surface area (Å²) in [5, 5.41) is 9.50. The molecule has 0 spiro atoms. The highest BCUT2D eigenvalue weighted by atomic mass is 35.5. The topological polar surface area (TPSA) is 55.8 Å². The van der Waals surface area contributed by atoms with Gasteiger partial charge in [-0.3, -0.25) is 4.79 Å². The number of carbonyl (C=O) groups is 1. The molecule has 32 heavy (non-hydrogen) atoms. The van der Waals surface area contributed by atoms with Crippen molar-refractivity contribution >= 4 is 17.6 Å². The average molecular weight is 465 g/mol. The van der Waals surface area contributed by atoms with Crippen LogP contribution in [0.4, 0.5) is 0 Å². The molecule has 5 heteroatoms. The SMILES string of the molecule is CC.CC.CC.Cc1cc(OCc2cc(Cl)cc3c2OC(C)(C)C3)ccc1CCC(=O)O. The van der Waals surface area contributed by atoms with Gasteiger partial charge < -0.3 is 14.6 Å². The molecule has 0 unspecified atom stereocenters. The lowest BCUT2D eigenvalue weighted by Crippen LogP contribution is -2.25. The number of ether oxygens (including phenoxy) is 2. The molecule has 1 heterocycles. The molecular formula is C27H41ClO4. The number of carboxylic acid groups (broad SMARTS) is 1. The van der Waals surface area contributed by atoms with Crippen molar-refractivity contribution in [1.82, 2.24) is 0 Å². The van der Waals surface area contributed by atoms with Gasteiger partial charge in [0, 0.05) is 23.4 Å². The summed E-state index contributed by atoms with van der Waals surface area (Å²) in [5.74, 6) is 0.823. The zero-order chi connectivity index (χ0) is 24.9. The van der Waals surface area contributed by atoms with Crippen molar-refractivity contribution in [3.05, 3.63) is 57.6 Å². The first-order valence-electron chi connectivity index (χ1n) is 11.7. The highest BCUT2D eigenvalue weighted by molar-refractivity contribution is 6.30. The monoisotopic (exact) mass is 464 g/mol. The quantitative estimate of drug-likeness (QED) is 0.469. The van der Waals surface area contributed by atoms with Crippen molar-refractivity contribution in [1.29, 1.82) is 0 Å². The molecule has 2 aromatic rings. The summed E-state index contributed by atoms with van der Waals surface area (Å²) < 4.78 is 12.0. The van der Waals surface area contributed by atoms with E-state index in [1.165, 1.54) is 0 Å². The molecule has 0 bridgehead atoms. The van der Waals surface area contributed by atoms with Crippen molar-refractivity contribution in [2.75, 3.05) is 0 Å². The first-order chi connectivity index (χ1) is 15.2. The van der Waals surface area contributed by atoms with E-state index in [-0.39, 0.29) is 12.0 Å². The lowest BCUT2D eigenvalue weighted by atomic mass is 10.0. The van der Waals surface area contributed by atoms with Crippen LogP contribution in [0.25, 0.3) is 0 Å². The molecule has 0 aliphatic carbocycles. The predicted octanol–water partition coefficient (Wildman–Crippen LogP) is 8.04. The van der Waals surface area contributed by atoms with Gasteiger partial charge in [0.2, 0.25) is 0 Å². The van der Waals surface area contributed by atoms with E-state index in [2.05, 4.69) is 13.8 Å². The summed E-state index contributed by atoms with van der Waals surface area (Å²) in [6.45, 7) is 18.5. The smallest absolute Gasteiger partial charge is 0.303 e. The highest BCUT2D eigenvalue weighted by Crippen LogP contribution is 2.40. The summed E-state index contributed by atoms with van der Waals surface area (Å²) >= 11 is 6.25. The second-order valence-corrected chi connectivity index (χ2v) is 7.80. The van der Waals surface area contributed by atoms with Gasteiger partial charge in [0.05, 0.1) is 0 Å². The van der Waals surface area contributed by atoms with Crippen LogP contribution >= 0.6 is 11.6 Å². The second-order valence-electron chi connectivity index (χ2n) is 7.36. The Morgan fingerprint density at radius 2 is 1.69 bits per heavy atom. The summed E-state index contributed by atoms with van der Waals surface area (Å²) in [4.78, 5) is 10.7. The molecule has 2 aromatic carbocycles. The molecule has 4 nitrogen and oxygen atoms in total. The molecular weight excluding hydrogens is 424 g/mol. The third-order valence-corrected chi connectivity index (χ3v) is 4.74. The third kappa shape index (κ3) is 9.12. The van der Waals surface area contributed by atoms with Crippen LogP contribution in [0.3, 0.4) is 0 Å². The maximum atomic E-state index is 10.7. The highest BCUT2D eigenvalue weighted by Gasteiger charge is 2.32. The Hall–Kier alpha value is -2.20. The number of fused-ring (bicyclic) bond motifs is 1. The van der Waals surface area contributed by atoms with Gasteiger partial charge in [-0.05, 0) is 68.1 Å². The zero-order valence-corrected chi connectivity index (χ0v) is 22.0. The van der Waals surface area contributed by atoms with Gasteiger partial charge in [-0.2, -0.15) is 0 Å². The largest absolute Gasteiger partial charge is 0.489 e. The van der Waals surface area contributed by atoms with Crippen molar-refractivity contribution in [3.8, 4) is 11.5 Å². The maximum absolute atomic E-state index is 10.7. The number of hydrogen-bond donors (Lipinski definition) is 1. The molecule has 0 amide bonds. The van der Waals surface area contributed by atoms with Gasteiger partial charge in [0.1, 0.15) is 23.7 Å². The fourth-order valence-corrected chi connectivity index (χ4v) is 3.56. The van der Waals surface area contributed by atoms with E-state index in [1.807, 2.05) is 78.8 Å². The van der Waals surface area contributed by atoms with Crippen molar-refractivity contribution in [2.45, 2.75) is 93.8 Å². The van der Waals surface area contributed by atoms with Crippen LogP contribution in [-0.4, -0.2) is 16.7 Å². The Kier molecular flexibility index (Phi) is 13.8. The van der Waals surface area contributed by atoms with E-state index in [1.54, 1.807) is 0 Å². The van der Waals surface area contributed by atoms with E-state index in [9.17, 15) is 4.79 Å². The molecule has 0 saturated heterocycles. The van der Waals surface area contributed by atoms with Crippen molar-refractivity contribution in [3.63, 3.8) is 0 Å². The summed E-state index contributed by atoms with van der Waals surface area (Å²) in [6.07, 6.45) is 1.47. The minimum absolute atomic E-state index is 0.128. The number of rotatable bonds is 6. The van der Waals surface area contributed by atoms with Crippen LogP contribution in [0.2, 0.25) is 5.02 Å². The Morgan fingerprint density at radius 1 is 1.06 bits per heavy atom. The van der Waals surface area contributed by atoms with E-state index < -0.39 is 5.97 Å². The molecule has 0 radical (unpaired) electrons. The number of aryl methyl sites for hydroxylation is 2. The lowest BCUT2D eigenvalue weighted by Gasteiger charge is -2.18. The molecule has 0 aromatic heterocycles. The van der Waals surface area contributed by atoms with Crippen LogP contribution in [0, 0.1) is 6.92 Å². The van der Waals surface area contributed by atoms with Crippen molar-refractivity contribution < 1.29 is 19.4 Å². The minimum Gasteiger partial charge on any atom is -0.489 e. The molecule has 1 aliphatic rings. The van der Waals surface area contributed by atoms with E-state index in [0.717, 1.165) is 40.2 Å². The molecule has 180 valence electrons. The Balaban J connectivity index is 0.00000148.